The fourth-order valence-electron chi connectivity index (χ4n) is 2.07. The Labute approximate surface area is 137 Å². The summed E-state index contributed by atoms with van der Waals surface area (Å²) in [7, 11) is 0. The zero-order valence-corrected chi connectivity index (χ0v) is 13.3. The molecule has 1 amide bonds. The number of carbonyl (C=O) groups is 1. The Morgan fingerprint density at radius 3 is 2.29 bits per heavy atom. The Morgan fingerprint density at radius 1 is 1.12 bits per heavy atom. The predicted molar refractivity (Wildman–Crippen MR) is 85.0 cm³/mol. The van der Waals surface area contributed by atoms with E-state index in [1.165, 1.54) is 24.4 Å². The summed E-state index contributed by atoms with van der Waals surface area (Å²) in [6, 6.07) is 5.68. The number of alkyl halides is 3. The second kappa shape index (κ2) is 7.29. The fraction of sp³-hybridized carbons (Fsp3) is 0.312. The first-order valence-corrected chi connectivity index (χ1v) is 7.41. The molecule has 0 bridgehead atoms. The third kappa shape index (κ3) is 4.21. The Balaban J connectivity index is 2.14. The topological polar surface area (TPSA) is 58.1 Å². The Bertz CT molecular complexity index is 697. The average molecular weight is 338 g/mol. The minimum atomic E-state index is -4.41. The molecule has 0 spiro atoms. The molecule has 8 heteroatoms. The van der Waals surface area contributed by atoms with Crippen LogP contribution in [0.15, 0.2) is 36.5 Å². The van der Waals surface area contributed by atoms with E-state index in [1.807, 2.05) is 18.7 Å². The van der Waals surface area contributed by atoms with Crippen molar-refractivity contribution < 1.29 is 18.0 Å². The van der Waals surface area contributed by atoms with Gasteiger partial charge in [-0.1, -0.05) is 0 Å². The van der Waals surface area contributed by atoms with E-state index in [9.17, 15) is 18.0 Å². The number of nitrogens with zero attached hydrogens (tertiary/aromatic N) is 3. The average Bonchev–Trinajstić information content (AvgIpc) is 2.56. The second-order valence-corrected chi connectivity index (χ2v) is 4.94. The molecule has 0 fully saturated rings. The van der Waals surface area contributed by atoms with Gasteiger partial charge >= 0.3 is 6.18 Å². The molecule has 1 aromatic carbocycles. The number of halogens is 3. The number of aromatic nitrogens is 2. The largest absolute Gasteiger partial charge is 0.416 e. The van der Waals surface area contributed by atoms with Gasteiger partial charge in [-0.05, 0) is 44.2 Å². The van der Waals surface area contributed by atoms with Crippen LogP contribution in [0.5, 0.6) is 0 Å². The number of hydrogen-bond donors (Lipinski definition) is 1. The van der Waals surface area contributed by atoms with Crippen LogP contribution < -0.4 is 10.2 Å². The van der Waals surface area contributed by atoms with Crippen LogP contribution in [-0.4, -0.2) is 29.0 Å². The van der Waals surface area contributed by atoms with E-state index in [2.05, 4.69) is 15.3 Å². The van der Waals surface area contributed by atoms with E-state index in [-0.39, 0.29) is 11.4 Å². The number of rotatable bonds is 5. The van der Waals surface area contributed by atoms with Crippen LogP contribution in [0.4, 0.5) is 24.8 Å². The number of hydrogen-bond acceptors (Lipinski definition) is 4. The summed E-state index contributed by atoms with van der Waals surface area (Å²) in [5, 5.41) is 2.52. The molecule has 0 radical (unpaired) electrons. The molecule has 0 saturated heterocycles. The van der Waals surface area contributed by atoms with Gasteiger partial charge in [0.2, 0.25) is 5.95 Å². The maximum atomic E-state index is 12.5. The molecule has 0 aliphatic rings. The molecule has 1 aromatic heterocycles. The van der Waals surface area contributed by atoms with E-state index in [1.54, 1.807) is 0 Å². The van der Waals surface area contributed by atoms with Crippen molar-refractivity contribution in [3.05, 3.63) is 47.8 Å². The highest BCUT2D eigenvalue weighted by atomic mass is 19.4. The lowest BCUT2D eigenvalue weighted by Gasteiger charge is -2.18. The highest BCUT2D eigenvalue weighted by molar-refractivity contribution is 6.02. The van der Waals surface area contributed by atoms with E-state index >= 15 is 0 Å². The molecule has 24 heavy (non-hydrogen) atoms. The molecule has 1 N–H and O–H groups in total. The first-order valence-electron chi connectivity index (χ1n) is 7.41. The zero-order valence-electron chi connectivity index (χ0n) is 13.3. The number of carbonyl (C=O) groups excluding carboxylic acids is 1. The SMILES string of the molecule is CCN(CC)c1nccc(C(=O)Nc2ccc(C(F)(F)F)cc2)n1. The van der Waals surface area contributed by atoms with Crippen molar-refractivity contribution in [1.29, 1.82) is 0 Å². The van der Waals surface area contributed by atoms with Gasteiger partial charge in [-0.25, -0.2) is 9.97 Å². The van der Waals surface area contributed by atoms with Gasteiger partial charge in [-0.15, -0.1) is 0 Å². The molecular weight excluding hydrogens is 321 g/mol. The van der Waals surface area contributed by atoms with Gasteiger partial charge in [0.1, 0.15) is 5.69 Å². The predicted octanol–water partition coefficient (Wildman–Crippen LogP) is 3.59. The number of amides is 1. The summed E-state index contributed by atoms with van der Waals surface area (Å²) >= 11 is 0. The Morgan fingerprint density at radius 2 is 1.75 bits per heavy atom. The number of nitrogens with one attached hydrogen (secondary N) is 1. The van der Waals surface area contributed by atoms with E-state index in [4.69, 9.17) is 0 Å². The summed E-state index contributed by atoms with van der Waals surface area (Å²) < 4.78 is 37.6. The van der Waals surface area contributed by atoms with Crippen LogP contribution in [0, 0.1) is 0 Å². The third-order valence-electron chi connectivity index (χ3n) is 3.39. The summed E-state index contributed by atoms with van der Waals surface area (Å²) in [5.74, 6) is -0.0781. The number of anilines is 2. The monoisotopic (exact) mass is 338 g/mol. The van der Waals surface area contributed by atoms with Crippen LogP contribution in [0.3, 0.4) is 0 Å². The van der Waals surface area contributed by atoms with Crippen molar-refractivity contribution in [3.63, 3.8) is 0 Å². The lowest BCUT2D eigenvalue weighted by molar-refractivity contribution is -0.137. The van der Waals surface area contributed by atoms with Crippen LogP contribution in [-0.2, 0) is 6.18 Å². The lowest BCUT2D eigenvalue weighted by atomic mass is 10.2. The van der Waals surface area contributed by atoms with E-state index in [0.717, 1.165) is 12.1 Å². The van der Waals surface area contributed by atoms with Gasteiger partial charge in [0.25, 0.3) is 5.91 Å². The molecule has 0 saturated carbocycles. The van der Waals surface area contributed by atoms with Crippen molar-refractivity contribution in [1.82, 2.24) is 9.97 Å². The number of benzene rings is 1. The molecule has 2 rings (SSSR count). The van der Waals surface area contributed by atoms with Crippen molar-refractivity contribution in [2.75, 3.05) is 23.3 Å². The quantitative estimate of drug-likeness (QED) is 0.905. The summed E-state index contributed by atoms with van der Waals surface area (Å²) in [4.78, 5) is 22.4. The first-order chi connectivity index (χ1) is 11.3. The van der Waals surface area contributed by atoms with E-state index < -0.39 is 17.6 Å². The van der Waals surface area contributed by atoms with Gasteiger partial charge in [0.05, 0.1) is 5.56 Å². The Hall–Kier alpha value is -2.64. The smallest absolute Gasteiger partial charge is 0.341 e. The third-order valence-corrected chi connectivity index (χ3v) is 3.39. The van der Waals surface area contributed by atoms with Crippen molar-refractivity contribution >= 4 is 17.5 Å². The van der Waals surface area contributed by atoms with Gasteiger partial charge in [-0.2, -0.15) is 13.2 Å². The summed E-state index contributed by atoms with van der Waals surface area (Å²) in [6.07, 6.45) is -2.93. The van der Waals surface area contributed by atoms with Crippen LogP contribution in [0.25, 0.3) is 0 Å². The maximum Gasteiger partial charge on any atom is 0.416 e. The van der Waals surface area contributed by atoms with Gasteiger partial charge in [0, 0.05) is 25.0 Å². The molecule has 128 valence electrons. The molecule has 0 aliphatic heterocycles. The molecule has 5 nitrogen and oxygen atoms in total. The molecule has 1 heterocycles. The highest BCUT2D eigenvalue weighted by Crippen LogP contribution is 2.29. The van der Waals surface area contributed by atoms with E-state index in [0.29, 0.717) is 19.0 Å². The summed E-state index contributed by atoms with van der Waals surface area (Å²) in [5.41, 5.74) is -0.367. The van der Waals surface area contributed by atoms with Crippen molar-refractivity contribution in [2.45, 2.75) is 20.0 Å². The van der Waals surface area contributed by atoms with Crippen LogP contribution >= 0.6 is 0 Å². The zero-order chi connectivity index (χ0) is 17.7. The standard InChI is InChI=1S/C16H17F3N4O/c1-3-23(4-2)15-20-10-9-13(22-15)14(24)21-12-7-5-11(6-8-12)16(17,18)19/h5-10H,3-4H2,1-2H3,(H,21,24). The van der Waals surface area contributed by atoms with Gasteiger partial charge < -0.3 is 10.2 Å². The first kappa shape index (κ1) is 17.7. The Kier molecular flexibility index (Phi) is 5.38. The molecule has 0 atom stereocenters. The lowest BCUT2D eigenvalue weighted by Crippen LogP contribution is -2.25. The van der Waals surface area contributed by atoms with Gasteiger partial charge in [0.15, 0.2) is 0 Å². The molecular formula is C16H17F3N4O. The minimum Gasteiger partial charge on any atom is -0.341 e. The summed E-state index contributed by atoms with van der Waals surface area (Å²) in [6.45, 7) is 5.28. The molecule has 0 aliphatic carbocycles. The van der Waals surface area contributed by atoms with Crippen LogP contribution in [0.1, 0.15) is 29.9 Å². The fourth-order valence-corrected chi connectivity index (χ4v) is 2.07. The normalized spacial score (nSPS) is 11.2. The highest BCUT2D eigenvalue weighted by Gasteiger charge is 2.30. The molecule has 0 unspecified atom stereocenters. The van der Waals surface area contributed by atoms with Crippen LogP contribution in [0.2, 0.25) is 0 Å². The molecule has 2 aromatic rings. The van der Waals surface area contributed by atoms with Gasteiger partial charge in [-0.3, -0.25) is 4.79 Å². The van der Waals surface area contributed by atoms with Crippen molar-refractivity contribution in [3.8, 4) is 0 Å². The second-order valence-electron chi connectivity index (χ2n) is 4.94. The minimum absolute atomic E-state index is 0.145. The maximum absolute atomic E-state index is 12.5. The van der Waals surface area contributed by atoms with Crippen molar-refractivity contribution in [2.24, 2.45) is 0 Å².